The zero-order chi connectivity index (χ0) is 13.2. The largest absolute Gasteiger partial charge is 0.434 e. The van der Waals surface area contributed by atoms with E-state index in [2.05, 4.69) is 20.3 Å². The van der Waals surface area contributed by atoms with Gasteiger partial charge in [-0.05, 0) is 7.05 Å². The minimum absolute atomic E-state index is 0.118. The van der Waals surface area contributed by atoms with Crippen molar-refractivity contribution >= 4 is 11.3 Å². The molecule has 0 aliphatic carbocycles. The number of rotatable bonds is 3. The lowest BCUT2D eigenvalue weighted by Crippen LogP contribution is -2.12. The van der Waals surface area contributed by atoms with Gasteiger partial charge in [0.15, 0.2) is 5.69 Å². The summed E-state index contributed by atoms with van der Waals surface area (Å²) in [5.74, 6) is 0. The normalized spacial score (nSPS) is 11.8. The molecule has 8 heteroatoms. The van der Waals surface area contributed by atoms with Crippen molar-refractivity contribution in [2.45, 2.75) is 12.7 Å². The van der Waals surface area contributed by atoms with Crippen LogP contribution < -0.4 is 5.32 Å². The number of hydrogen-bond acceptors (Lipinski definition) is 5. The zero-order valence-electron chi connectivity index (χ0n) is 9.32. The van der Waals surface area contributed by atoms with Crippen LogP contribution in [0.2, 0.25) is 0 Å². The second kappa shape index (κ2) is 4.99. The molecule has 0 aliphatic rings. The van der Waals surface area contributed by atoms with E-state index in [1.165, 1.54) is 18.6 Å². The number of nitrogens with one attached hydrogen (secondary N) is 1. The third-order valence-electron chi connectivity index (χ3n) is 2.09. The van der Waals surface area contributed by atoms with Gasteiger partial charge in [-0.2, -0.15) is 13.2 Å². The molecule has 0 radical (unpaired) electrons. The van der Waals surface area contributed by atoms with E-state index < -0.39 is 11.9 Å². The summed E-state index contributed by atoms with van der Waals surface area (Å²) >= 11 is 0.968. The molecule has 2 heterocycles. The van der Waals surface area contributed by atoms with Crippen molar-refractivity contribution in [1.29, 1.82) is 0 Å². The van der Waals surface area contributed by atoms with Crippen LogP contribution in [0.1, 0.15) is 10.6 Å². The molecule has 1 N–H and O–H groups in total. The van der Waals surface area contributed by atoms with Crippen molar-refractivity contribution in [2.75, 3.05) is 7.05 Å². The van der Waals surface area contributed by atoms with Gasteiger partial charge >= 0.3 is 6.18 Å². The Hall–Kier alpha value is -1.54. The lowest BCUT2D eigenvalue weighted by molar-refractivity contribution is -0.141. The van der Waals surface area contributed by atoms with E-state index >= 15 is 0 Å². The lowest BCUT2D eigenvalue weighted by atomic mass is 10.3. The first kappa shape index (κ1) is 12.9. The number of thiazole rings is 1. The van der Waals surface area contributed by atoms with Crippen LogP contribution in [0.4, 0.5) is 13.2 Å². The van der Waals surface area contributed by atoms with Gasteiger partial charge < -0.3 is 5.32 Å². The van der Waals surface area contributed by atoms with Crippen molar-refractivity contribution in [3.8, 4) is 10.7 Å². The summed E-state index contributed by atoms with van der Waals surface area (Å²) in [6.07, 6.45) is -0.191. The van der Waals surface area contributed by atoms with Crippen molar-refractivity contribution < 1.29 is 13.2 Å². The minimum Gasteiger partial charge on any atom is -0.315 e. The molecule has 0 atom stereocenters. The third-order valence-corrected chi connectivity index (χ3v) is 3.16. The van der Waals surface area contributed by atoms with Crippen molar-refractivity contribution in [3.05, 3.63) is 29.2 Å². The maximum absolute atomic E-state index is 12.8. The quantitative estimate of drug-likeness (QED) is 0.933. The Labute approximate surface area is 105 Å². The lowest BCUT2D eigenvalue weighted by Gasteiger charge is -2.04. The van der Waals surface area contributed by atoms with Crippen LogP contribution in [0.25, 0.3) is 10.7 Å². The summed E-state index contributed by atoms with van der Waals surface area (Å²) in [5, 5.41) is 2.92. The van der Waals surface area contributed by atoms with Crippen LogP contribution >= 0.6 is 11.3 Å². The molecule has 96 valence electrons. The Morgan fingerprint density at radius 3 is 2.67 bits per heavy atom. The van der Waals surface area contributed by atoms with Gasteiger partial charge in [0.05, 0.1) is 11.1 Å². The van der Waals surface area contributed by atoms with E-state index in [1.54, 1.807) is 7.05 Å². The summed E-state index contributed by atoms with van der Waals surface area (Å²) < 4.78 is 38.3. The SMILES string of the molecule is CNCc1sc(-c2cnccn2)nc1C(F)(F)F. The number of alkyl halides is 3. The fourth-order valence-corrected chi connectivity index (χ4v) is 2.43. The predicted molar refractivity (Wildman–Crippen MR) is 60.9 cm³/mol. The van der Waals surface area contributed by atoms with E-state index in [9.17, 15) is 13.2 Å². The number of hydrogen-bond donors (Lipinski definition) is 1. The molecule has 2 aromatic heterocycles. The van der Waals surface area contributed by atoms with Crippen molar-refractivity contribution in [2.24, 2.45) is 0 Å². The van der Waals surface area contributed by atoms with Gasteiger partial charge in [0.1, 0.15) is 10.7 Å². The highest BCUT2D eigenvalue weighted by molar-refractivity contribution is 7.15. The van der Waals surface area contributed by atoms with Gasteiger partial charge in [0.2, 0.25) is 0 Å². The summed E-state index contributed by atoms with van der Waals surface area (Å²) in [5.41, 5.74) is -0.516. The fourth-order valence-electron chi connectivity index (χ4n) is 1.37. The molecule has 2 aromatic rings. The van der Waals surface area contributed by atoms with Gasteiger partial charge in [-0.25, -0.2) is 4.98 Å². The zero-order valence-corrected chi connectivity index (χ0v) is 10.1. The van der Waals surface area contributed by atoms with Gasteiger partial charge in [0, 0.05) is 18.9 Å². The minimum atomic E-state index is -4.46. The van der Waals surface area contributed by atoms with E-state index in [-0.39, 0.29) is 16.4 Å². The predicted octanol–water partition coefficient (Wildman–Crippen LogP) is 2.34. The molecule has 0 bridgehead atoms. The average molecular weight is 274 g/mol. The Morgan fingerprint density at radius 1 is 1.33 bits per heavy atom. The monoisotopic (exact) mass is 274 g/mol. The Morgan fingerprint density at radius 2 is 2.11 bits per heavy atom. The molecular weight excluding hydrogens is 265 g/mol. The molecule has 0 aliphatic heterocycles. The second-order valence-corrected chi connectivity index (χ2v) is 4.49. The van der Waals surface area contributed by atoms with Crippen LogP contribution in [0.3, 0.4) is 0 Å². The van der Waals surface area contributed by atoms with Gasteiger partial charge in [-0.3, -0.25) is 9.97 Å². The second-order valence-electron chi connectivity index (χ2n) is 3.41. The molecular formula is C10H9F3N4S. The smallest absolute Gasteiger partial charge is 0.315 e. The first-order valence-corrected chi connectivity index (χ1v) is 5.82. The first-order valence-electron chi connectivity index (χ1n) is 5.00. The standard InChI is InChI=1S/C10H9F3N4S/c1-14-5-7-8(10(11,12)13)17-9(18-7)6-4-15-2-3-16-6/h2-4,14H,5H2,1H3. The highest BCUT2D eigenvalue weighted by Crippen LogP contribution is 2.36. The van der Waals surface area contributed by atoms with Crippen LogP contribution in [0.5, 0.6) is 0 Å². The third kappa shape index (κ3) is 2.65. The number of aromatic nitrogens is 3. The Kier molecular flexibility index (Phi) is 3.58. The molecule has 0 saturated carbocycles. The molecule has 0 aromatic carbocycles. The molecule has 0 saturated heterocycles. The van der Waals surface area contributed by atoms with Crippen LogP contribution in [0, 0.1) is 0 Å². The molecule has 2 rings (SSSR count). The highest BCUT2D eigenvalue weighted by Gasteiger charge is 2.37. The number of halogens is 3. The molecule has 0 fully saturated rings. The summed E-state index contributed by atoms with van der Waals surface area (Å²) in [4.78, 5) is 11.5. The topological polar surface area (TPSA) is 50.7 Å². The summed E-state index contributed by atoms with van der Waals surface area (Å²) in [6.45, 7) is 0.118. The van der Waals surface area contributed by atoms with Crippen LogP contribution in [-0.4, -0.2) is 22.0 Å². The first-order chi connectivity index (χ1) is 8.52. The van der Waals surface area contributed by atoms with Crippen LogP contribution in [0.15, 0.2) is 18.6 Å². The Bertz CT molecular complexity index is 524. The average Bonchev–Trinajstić information content (AvgIpc) is 2.75. The molecule has 0 spiro atoms. The van der Waals surface area contributed by atoms with E-state index in [0.29, 0.717) is 5.69 Å². The fraction of sp³-hybridized carbons (Fsp3) is 0.300. The maximum atomic E-state index is 12.8. The maximum Gasteiger partial charge on any atom is 0.434 e. The molecule has 0 unspecified atom stereocenters. The molecule has 18 heavy (non-hydrogen) atoms. The van der Waals surface area contributed by atoms with Crippen LogP contribution in [-0.2, 0) is 12.7 Å². The van der Waals surface area contributed by atoms with Gasteiger partial charge in [0.25, 0.3) is 0 Å². The number of nitrogens with zero attached hydrogens (tertiary/aromatic N) is 3. The molecule has 4 nitrogen and oxygen atoms in total. The van der Waals surface area contributed by atoms with Crippen molar-refractivity contribution in [1.82, 2.24) is 20.3 Å². The van der Waals surface area contributed by atoms with Gasteiger partial charge in [-0.1, -0.05) is 0 Å². The Balaban J connectivity index is 2.46. The summed E-state index contributed by atoms with van der Waals surface area (Å²) in [7, 11) is 1.59. The highest BCUT2D eigenvalue weighted by atomic mass is 32.1. The van der Waals surface area contributed by atoms with Crippen molar-refractivity contribution in [3.63, 3.8) is 0 Å². The van der Waals surface area contributed by atoms with E-state index in [1.807, 2.05) is 0 Å². The molecule has 0 amide bonds. The van der Waals surface area contributed by atoms with E-state index in [0.717, 1.165) is 11.3 Å². The van der Waals surface area contributed by atoms with Gasteiger partial charge in [-0.15, -0.1) is 11.3 Å². The summed E-state index contributed by atoms with van der Waals surface area (Å²) in [6, 6.07) is 0. The van der Waals surface area contributed by atoms with E-state index in [4.69, 9.17) is 0 Å².